The zero-order valence-corrected chi connectivity index (χ0v) is 11.9. The molecule has 0 radical (unpaired) electrons. The maximum Gasteiger partial charge on any atom is 0.240 e. The van der Waals surface area contributed by atoms with Crippen LogP contribution in [0.3, 0.4) is 0 Å². The van der Waals surface area contributed by atoms with Crippen LogP contribution in [0.2, 0.25) is 5.02 Å². The van der Waals surface area contributed by atoms with Crippen LogP contribution in [0.1, 0.15) is 11.3 Å². The molecule has 0 spiro atoms. The maximum atomic E-state index is 12.0. The Morgan fingerprint density at radius 2 is 2.22 bits per heavy atom. The molecular weight excluding hydrogens is 292 g/mol. The van der Waals surface area contributed by atoms with Crippen LogP contribution in [0.5, 0.6) is 0 Å². The topological polar surface area (TPSA) is 59.1 Å². The summed E-state index contributed by atoms with van der Waals surface area (Å²) in [5.41, 5.74) is 3.20. The lowest BCUT2D eigenvalue weighted by atomic mass is 10.2. The lowest BCUT2D eigenvalue weighted by Gasteiger charge is -2.06. The third-order valence-electron chi connectivity index (χ3n) is 2.38. The quantitative estimate of drug-likeness (QED) is 0.944. The van der Waals surface area contributed by atoms with Gasteiger partial charge in [0, 0.05) is 10.4 Å². The van der Waals surface area contributed by atoms with E-state index in [9.17, 15) is 8.42 Å². The molecule has 0 unspecified atom stereocenters. The second-order valence-corrected chi connectivity index (χ2v) is 6.61. The van der Waals surface area contributed by atoms with Gasteiger partial charge in [0.25, 0.3) is 0 Å². The number of aryl methyl sites for hydroxylation is 1. The number of aromatic nitrogens is 1. The second-order valence-electron chi connectivity index (χ2n) is 3.72. The number of benzene rings is 1. The summed E-state index contributed by atoms with van der Waals surface area (Å²) in [5.74, 6) is 0. The third-order valence-corrected chi connectivity index (χ3v) is 4.82. The molecule has 18 heavy (non-hydrogen) atoms. The van der Waals surface area contributed by atoms with E-state index in [4.69, 9.17) is 11.6 Å². The Morgan fingerprint density at radius 1 is 1.44 bits per heavy atom. The molecular formula is C11H11ClN2O2S2. The predicted octanol–water partition coefficient (Wildman–Crippen LogP) is 2.58. The van der Waals surface area contributed by atoms with Crippen LogP contribution in [0.25, 0.3) is 0 Å². The van der Waals surface area contributed by atoms with Crippen molar-refractivity contribution in [3.8, 4) is 0 Å². The molecule has 0 aliphatic heterocycles. The molecule has 0 atom stereocenters. The number of hydrogen-bond donors (Lipinski definition) is 1. The third kappa shape index (κ3) is 3.08. The average molecular weight is 303 g/mol. The number of nitrogens with one attached hydrogen (secondary N) is 1. The van der Waals surface area contributed by atoms with Crippen molar-refractivity contribution in [3.63, 3.8) is 0 Å². The molecule has 7 heteroatoms. The van der Waals surface area contributed by atoms with E-state index in [1.807, 2.05) is 6.92 Å². The van der Waals surface area contributed by atoms with Crippen molar-refractivity contribution >= 4 is 33.0 Å². The molecule has 0 bridgehead atoms. The van der Waals surface area contributed by atoms with Crippen LogP contribution in [-0.4, -0.2) is 13.4 Å². The number of rotatable bonds is 4. The minimum absolute atomic E-state index is 0.160. The van der Waals surface area contributed by atoms with Gasteiger partial charge in [0.05, 0.1) is 22.6 Å². The Morgan fingerprint density at radius 3 is 2.83 bits per heavy atom. The lowest BCUT2D eigenvalue weighted by Crippen LogP contribution is -2.23. The highest BCUT2D eigenvalue weighted by molar-refractivity contribution is 7.89. The van der Waals surface area contributed by atoms with Gasteiger partial charge in [0.2, 0.25) is 10.0 Å². The summed E-state index contributed by atoms with van der Waals surface area (Å²) < 4.78 is 26.5. The molecule has 2 aromatic rings. The van der Waals surface area contributed by atoms with Gasteiger partial charge in [0.1, 0.15) is 0 Å². The number of halogens is 1. The fraction of sp³-hybridized carbons (Fsp3) is 0.182. The normalized spacial score (nSPS) is 11.7. The summed E-state index contributed by atoms with van der Waals surface area (Å²) in [6, 6.07) is 4.66. The summed E-state index contributed by atoms with van der Waals surface area (Å²) in [4.78, 5) is 4.17. The zero-order chi connectivity index (χ0) is 13.2. The van der Waals surface area contributed by atoms with Gasteiger partial charge in [-0.15, -0.1) is 11.3 Å². The van der Waals surface area contributed by atoms with Gasteiger partial charge in [-0.25, -0.2) is 18.1 Å². The molecule has 0 fully saturated rings. The van der Waals surface area contributed by atoms with Crippen LogP contribution in [-0.2, 0) is 16.6 Å². The first kappa shape index (κ1) is 13.5. The highest BCUT2D eigenvalue weighted by atomic mass is 35.5. The van der Waals surface area contributed by atoms with Gasteiger partial charge in [-0.05, 0) is 24.6 Å². The van der Waals surface area contributed by atoms with Crippen molar-refractivity contribution in [2.45, 2.75) is 18.4 Å². The number of sulfonamides is 1. The standard InChI is InChI=1S/C11H11ClN2O2S2/c1-8-2-3-10(4-11(8)12)18(15,16)14-5-9-6-17-7-13-9/h2-4,6-7,14H,5H2,1H3. The maximum absolute atomic E-state index is 12.0. The monoisotopic (exact) mass is 302 g/mol. The first-order valence-electron chi connectivity index (χ1n) is 5.12. The van der Waals surface area contributed by atoms with E-state index in [1.54, 1.807) is 17.0 Å². The molecule has 1 N–H and O–H groups in total. The molecule has 1 heterocycles. The SMILES string of the molecule is Cc1ccc(S(=O)(=O)NCc2cscn2)cc1Cl. The molecule has 2 rings (SSSR count). The van der Waals surface area contributed by atoms with Crippen molar-refractivity contribution in [1.82, 2.24) is 9.71 Å². The Balaban J connectivity index is 2.17. The first-order chi connectivity index (χ1) is 8.49. The van der Waals surface area contributed by atoms with Gasteiger partial charge >= 0.3 is 0 Å². The summed E-state index contributed by atoms with van der Waals surface area (Å²) in [6.45, 7) is 2.00. The molecule has 0 saturated carbocycles. The first-order valence-corrected chi connectivity index (χ1v) is 7.92. The highest BCUT2D eigenvalue weighted by Gasteiger charge is 2.15. The summed E-state index contributed by atoms with van der Waals surface area (Å²) in [7, 11) is -3.55. The molecule has 1 aromatic heterocycles. The van der Waals surface area contributed by atoms with E-state index in [0.29, 0.717) is 10.7 Å². The van der Waals surface area contributed by atoms with Crippen LogP contribution in [0, 0.1) is 6.92 Å². The smallest absolute Gasteiger partial charge is 0.240 e. The van der Waals surface area contributed by atoms with E-state index < -0.39 is 10.0 Å². The Labute approximate surface area is 115 Å². The predicted molar refractivity (Wildman–Crippen MR) is 72.3 cm³/mol. The molecule has 0 aliphatic carbocycles. The number of thiazole rings is 1. The van der Waals surface area contributed by atoms with Crippen LogP contribution >= 0.6 is 22.9 Å². The van der Waals surface area contributed by atoms with Crippen LogP contribution < -0.4 is 4.72 Å². The van der Waals surface area contributed by atoms with Crippen molar-refractivity contribution in [1.29, 1.82) is 0 Å². The average Bonchev–Trinajstić information content (AvgIpc) is 2.83. The van der Waals surface area contributed by atoms with Crippen LogP contribution in [0.4, 0.5) is 0 Å². The van der Waals surface area contributed by atoms with Crippen molar-refractivity contribution in [2.24, 2.45) is 0 Å². The Bertz CT molecular complexity index is 639. The lowest BCUT2D eigenvalue weighted by molar-refractivity contribution is 0.580. The highest BCUT2D eigenvalue weighted by Crippen LogP contribution is 2.20. The van der Waals surface area contributed by atoms with Gasteiger partial charge in [-0.2, -0.15) is 0 Å². The van der Waals surface area contributed by atoms with Gasteiger partial charge in [0.15, 0.2) is 0 Å². The second kappa shape index (κ2) is 5.36. The molecule has 1 aromatic carbocycles. The number of hydrogen-bond acceptors (Lipinski definition) is 4. The van der Waals surface area contributed by atoms with E-state index in [2.05, 4.69) is 9.71 Å². The van der Waals surface area contributed by atoms with Crippen molar-refractivity contribution in [2.75, 3.05) is 0 Å². The van der Waals surface area contributed by atoms with Crippen molar-refractivity contribution in [3.05, 3.63) is 45.4 Å². The molecule has 0 amide bonds. The molecule has 0 saturated heterocycles. The Kier molecular flexibility index (Phi) is 4.01. The summed E-state index contributed by atoms with van der Waals surface area (Å²) >= 11 is 7.34. The minimum atomic E-state index is -3.55. The summed E-state index contributed by atoms with van der Waals surface area (Å²) in [5, 5.41) is 2.23. The van der Waals surface area contributed by atoms with E-state index >= 15 is 0 Å². The number of nitrogens with zero attached hydrogens (tertiary/aromatic N) is 1. The van der Waals surface area contributed by atoms with Crippen LogP contribution in [0.15, 0.2) is 34.0 Å². The van der Waals surface area contributed by atoms with E-state index in [0.717, 1.165) is 5.56 Å². The van der Waals surface area contributed by atoms with Crippen molar-refractivity contribution < 1.29 is 8.42 Å². The molecule has 4 nitrogen and oxygen atoms in total. The molecule has 96 valence electrons. The van der Waals surface area contributed by atoms with E-state index in [1.165, 1.54) is 23.5 Å². The zero-order valence-electron chi connectivity index (χ0n) is 9.55. The van der Waals surface area contributed by atoms with Gasteiger partial charge in [-0.3, -0.25) is 0 Å². The Hall–Kier alpha value is -0.950. The van der Waals surface area contributed by atoms with Gasteiger partial charge < -0.3 is 0 Å². The largest absolute Gasteiger partial charge is 0.248 e. The fourth-order valence-electron chi connectivity index (χ4n) is 1.32. The minimum Gasteiger partial charge on any atom is -0.248 e. The van der Waals surface area contributed by atoms with E-state index in [-0.39, 0.29) is 11.4 Å². The molecule has 0 aliphatic rings. The van der Waals surface area contributed by atoms with Gasteiger partial charge in [-0.1, -0.05) is 17.7 Å². The summed E-state index contributed by atoms with van der Waals surface area (Å²) in [6.07, 6.45) is 0. The fourth-order valence-corrected chi connectivity index (χ4v) is 3.15.